The summed E-state index contributed by atoms with van der Waals surface area (Å²) in [6, 6.07) is 14.4. The Kier molecular flexibility index (Phi) is 4.61. The number of aliphatic hydroxyl groups excluding tert-OH is 1. The lowest BCUT2D eigenvalue weighted by Gasteiger charge is -2.10. The largest absolute Gasteiger partial charge is 0.450 e. The number of carbonyl (C=O) groups excluding carboxylic acids is 1. The van der Waals surface area contributed by atoms with E-state index in [4.69, 9.17) is 21.3 Å². The number of hydrogen-bond acceptors (Lipinski definition) is 4. The Morgan fingerprint density at radius 3 is 2.81 bits per heavy atom. The summed E-state index contributed by atoms with van der Waals surface area (Å²) >= 11 is 6.33. The van der Waals surface area contributed by atoms with Crippen LogP contribution < -0.4 is 5.32 Å². The zero-order chi connectivity index (χ0) is 19.0. The minimum atomic E-state index is -0.355. The van der Waals surface area contributed by atoms with Crippen LogP contribution in [0.5, 0.6) is 0 Å². The van der Waals surface area contributed by atoms with Gasteiger partial charge >= 0.3 is 0 Å². The van der Waals surface area contributed by atoms with Gasteiger partial charge in [-0.05, 0) is 43.5 Å². The first-order valence-electron chi connectivity index (χ1n) is 8.76. The van der Waals surface area contributed by atoms with E-state index < -0.39 is 0 Å². The van der Waals surface area contributed by atoms with Crippen molar-refractivity contribution in [2.24, 2.45) is 0 Å². The lowest BCUT2D eigenvalue weighted by Crippen LogP contribution is -2.32. The maximum atomic E-state index is 12.5. The molecule has 0 radical (unpaired) electrons. The third-order valence-corrected chi connectivity index (χ3v) is 5.22. The first-order valence-corrected chi connectivity index (χ1v) is 9.14. The molecule has 1 aliphatic rings. The number of hydrogen-bond donors (Lipinski definition) is 2. The normalized spacial score (nSPS) is 19.1. The number of nitrogens with one attached hydrogen (secondary N) is 1. The molecule has 0 unspecified atom stereocenters. The molecule has 1 saturated carbocycles. The molecule has 3 aromatic rings. The summed E-state index contributed by atoms with van der Waals surface area (Å²) in [5.74, 6) is -0.0838. The van der Waals surface area contributed by atoms with Crippen molar-refractivity contribution in [3.63, 3.8) is 0 Å². The number of para-hydroxylation sites is 1. The Morgan fingerprint density at radius 2 is 2.07 bits per heavy atom. The minimum absolute atomic E-state index is 0.0399. The van der Waals surface area contributed by atoms with Crippen molar-refractivity contribution in [3.8, 4) is 17.2 Å². The van der Waals surface area contributed by atoms with Gasteiger partial charge in [-0.3, -0.25) is 4.79 Å². The highest BCUT2D eigenvalue weighted by molar-refractivity contribution is 6.33. The maximum absolute atomic E-state index is 12.5. The molecule has 5 nitrogen and oxygen atoms in total. The van der Waals surface area contributed by atoms with Gasteiger partial charge in [0.25, 0.3) is 5.91 Å². The number of aliphatic hydroxyl groups is 1. The number of rotatable bonds is 3. The standard InChI is InChI=1S/C21H17ClN2O3/c22-18-7-4-12(11-23)8-17(18)16-3-1-2-13-9-19(27-20(13)16)21(26)24-14-5-6-15(25)10-14/h1-4,7-9,14-15,25H,5-6,10H2,(H,24,26)/t14-,15+/m0/s1. The summed E-state index contributed by atoms with van der Waals surface area (Å²) in [6.45, 7) is 0. The fourth-order valence-electron chi connectivity index (χ4n) is 3.53. The van der Waals surface area contributed by atoms with Gasteiger partial charge in [0, 0.05) is 27.6 Å². The van der Waals surface area contributed by atoms with Crippen molar-refractivity contribution in [1.29, 1.82) is 5.26 Å². The van der Waals surface area contributed by atoms with E-state index >= 15 is 0 Å². The number of nitrogens with zero attached hydrogens (tertiary/aromatic N) is 1. The molecular formula is C21H17ClN2O3. The van der Waals surface area contributed by atoms with Crippen molar-refractivity contribution in [2.45, 2.75) is 31.4 Å². The monoisotopic (exact) mass is 380 g/mol. The Bertz CT molecular complexity index is 1070. The van der Waals surface area contributed by atoms with Gasteiger partial charge in [-0.1, -0.05) is 29.8 Å². The molecule has 2 aromatic carbocycles. The van der Waals surface area contributed by atoms with Crippen LogP contribution in [0, 0.1) is 11.3 Å². The molecule has 1 amide bonds. The molecule has 0 spiro atoms. The molecule has 2 atom stereocenters. The number of furan rings is 1. The molecule has 6 heteroatoms. The average Bonchev–Trinajstić information content (AvgIpc) is 3.28. The van der Waals surface area contributed by atoms with E-state index in [1.165, 1.54) is 0 Å². The van der Waals surface area contributed by atoms with Gasteiger partial charge in [-0.15, -0.1) is 0 Å². The quantitative estimate of drug-likeness (QED) is 0.710. The molecule has 1 aromatic heterocycles. The maximum Gasteiger partial charge on any atom is 0.287 e. The molecule has 0 saturated heterocycles. The number of carbonyl (C=O) groups is 1. The molecular weight excluding hydrogens is 364 g/mol. The smallest absolute Gasteiger partial charge is 0.287 e. The molecule has 27 heavy (non-hydrogen) atoms. The topological polar surface area (TPSA) is 86.3 Å². The van der Waals surface area contributed by atoms with Crippen molar-refractivity contribution in [2.75, 3.05) is 0 Å². The molecule has 0 bridgehead atoms. The first kappa shape index (κ1) is 17.6. The predicted molar refractivity (Wildman–Crippen MR) is 102 cm³/mol. The minimum Gasteiger partial charge on any atom is -0.450 e. The van der Waals surface area contributed by atoms with Crippen molar-refractivity contribution < 1.29 is 14.3 Å². The van der Waals surface area contributed by atoms with E-state index in [2.05, 4.69) is 11.4 Å². The molecule has 1 aliphatic carbocycles. The van der Waals surface area contributed by atoms with E-state index in [9.17, 15) is 9.90 Å². The zero-order valence-electron chi connectivity index (χ0n) is 14.4. The number of nitriles is 1. The number of halogens is 1. The fraction of sp³-hybridized carbons (Fsp3) is 0.238. The third kappa shape index (κ3) is 3.42. The Morgan fingerprint density at radius 1 is 1.22 bits per heavy atom. The second-order valence-electron chi connectivity index (χ2n) is 6.78. The van der Waals surface area contributed by atoms with Gasteiger partial charge in [0.15, 0.2) is 5.76 Å². The summed E-state index contributed by atoms with van der Waals surface area (Å²) < 4.78 is 5.86. The molecule has 1 fully saturated rings. The predicted octanol–water partition coefficient (Wildman–Crippen LogP) is 4.27. The number of benzene rings is 2. The van der Waals surface area contributed by atoms with Gasteiger partial charge in [-0.2, -0.15) is 5.26 Å². The van der Waals surface area contributed by atoms with Crippen molar-refractivity contribution in [3.05, 3.63) is 58.8 Å². The molecule has 4 rings (SSSR count). The lowest BCUT2D eigenvalue weighted by atomic mass is 10.0. The molecule has 0 aliphatic heterocycles. The van der Waals surface area contributed by atoms with Gasteiger partial charge in [-0.25, -0.2) is 0 Å². The van der Waals surface area contributed by atoms with Crippen LogP contribution in [-0.2, 0) is 0 Å². The summed E-state index contributed by atoms with van der Waals surface area (Å²) in [6.07, 6.45) is 1.67. The van der Waals surface area contributed by atoms with Gasteiger partial charge in [0.05, 0.1) is 17.7 Å². The second-order valence-corrected chi connectivity index (χ2v) is 7.19. The third-order valence-electron chi connectivity index (χ3n) is 4.89. The summed E-state index contributed by atoms with van der Waals surface area (Å²) in [5, 5.41) is 23.0. The van der Waals surface area contributed by atoms with E-state index in [1.807, 2.05) is 18.2 Å². The fourth-order valence-corrected chi connectivity index (χ4v) is 3.75. The molecule has 2 N–H and O–H groups in total. The van der Waals surface area contributed by atoms with Crippen LogP contribution in [-0.4, -0.2) is 23.2 Å². The second kappa shape index (κ2) is 7.07. The van der Waals surface area contributed by atoms with Crippen LogP contribution in [0.4, 0.5) is 0 Å². The van der Waals surface area contributed by atoms with E-state index in [-0.39, 0.29) is 23.8 Å². The zero-order valence-corrected chi connectivity index (χ0v) is 15.2. The van der Waals surface area contributed by atoms with Crippen LogP contribution in [0.3, 0.4) is 0 Å². The SMILES string of the molecule is N#Cc1ccc(Cl)c(-c2cccc3cc(C(=O)N[C@H]4CC[C@@H](O)C4)oc23)c1. The molecule has 136 valence electrons. The van der Waals surface area contributed by atoms with Gasteiger partial charge in [0.1, 0.15) is 5.58 Å². The van der Waals surface area contributed by atoms with Crippen LogP contribution in [0.2, 0.25) is 5.02 Å². The van der Waals surface area contributed by atoms with Crippen LogP contribution >= 0.6 is 11.6 Å². The Balaban J connectivity index is 1.71. The van der Waals surface area contributed by atoms with E-state index in [0.717, 1.165) is 17.4 Å². The van der Waals surface area contributed by atoms with Gasteiger partial charge < -0.3 is 14.8 Å². The highest BCUT2D eigenvalue weighted by Gasteiger charge is 2.26. The van der Waals surface area contributed by atoms with Crippen molar-refractivity contribution >= 4 is 28.5 Å². The summed E-state index contributed by atoms with van der Waals surface area (Å²) in [7, 11) is 0. The van der Waals surface area contributed by atoms with Crippen LogP contribution in [0.25, 0.3) is 22.1 Å². The first-order chi connectivity index (χ1) is 13.0. The van der Waals surface area contributed by atoms with Gasteiger partial charge in [0.2, 0.25) is 0 Å². The van der Waals surface area contributed by atoms with Crippen LogP contribution in [0.1, 0.15) is 35.4 Å². The highest BCUT2D eigenvalue weighted by Crippen LogP contribution is 2.35. The lowest BCUT2D eigenvalue weighted by molar-refractivity contribution is 0.0908. The summed E-state index contributed by atoms with van der Waals surface area (Å²) in [4.78, 5) is 12.5. The molecule has 1 heterocycles. The summed E-state index contributed by atoms with van der Waals surface area (Å²) in [5.41, 5.74) is 2.45. The van der Waals surface area contributed by atoms with Crippen LogP contribution in [0.15, 0.2) is 46.9 Å². The average molecular weight is 381 g/mol. The number of amides is 1. The van der Waals surface area contributed by atoms with E-state index in [0.29, 0.717) is 34.6 Å². The van der Waals surface area contributed by atoms with E-state index in [1.54, 1.807) is 24.3 Å². The number of fused-ring (bicyclic) bond motifs is 1. The Labute approximate surface area is 161 Å². The highest BCUT2D eigenvalue weighted by atomic mass is 35.5. The van der Waals surface area contributed by atoms with Crippen molar-refractivity contribution in [1.82, 2.24) is 5.32 Å². The Hall–Kier alpha value is -2.81.